The first-order valence-electron chi connectivity index (χ1n) is 6.56. The van der Waals surface area contributed by atoms with E-state index in [4.69, 9.17) is 9.84 Å². The summed E-state index contributed by atoms with van der Waals surface area (Å²) >= 11 is 0. The van der Waals surface area contributed by atoms with E-state index in [9.17, 15) is 4.79 Å². The first kappa shape index (κ1) is 14.1. The van der Waals surface area contributed by atoms with Crippen LogP contribution in [0.2, 0.25) is 0 Å². The molecule has 5 nitrogen and oxygen atoms in total. The van der Waals surface area contributed by atoms with Crippen molar-refractivity contribution in [1.82, 2.24) is 9.55 Å². The summed E-state index contributed by atoms with van der Waals surface area (Å²) in [6.45, 7) is 0.616. The highest BCUT2D eigenvalue weighted by Gasteiger charge is 2.09. The Bertz CT molecular complexity index is 564. The Morgan fingerprint density at radius 3 is 2.80 bits per heavy atom. The van der Waals surface area contributed by atoms with E-state index in [-0.39, 0.29) is 6.42 Å². The van der Waals surface area contributed by atoms with E-state index < -0.39 is 5.97 Å². The highest BCUT2D eigenvalue weighted by Crippen LogP contribution is 2.10. The normalized spacial score (nSPS) is 10.4. The van der Waals surface area contributed by atoms with E-state index in [0.717, 1.165) is 30.1 Å². The topological polar surface area (TPSA) is 64.4 Å². The number of aliphatic carboxylic acids is 1. The standard InChI is InChI=1S/C15H18N2O3/c1-17-12(10-15(18)19)11-16-14(17)8-5-9-20-13-6-3-2-4-7-13/h2-4,6-7,11H,5,8-10H2,1H3,(H,18,19). The maximum Gasteiger partial charge on any atom is 0.309 e. The van der Waals surface area contributed by atoms with Gasteiger partial charge in [0.2, 0.25) is 0 Å². The summed E-state index contributed by atoms with van der Waals surface area (Å²) < 4.78 is 7.45. The number of aromatic nitrogens is 2. The van der Waals surface area contributed by atoms with Crippen molar-refractivity contribution in [2.24, 2.45) is 7.05 Å². The molecule has 0 amide bonds. The lowest BCUT2D eigenvalue weighted by molar-refractivity contribution is -0.136. The molecule has 0 unspecified atom stereocenters. The van der Waals surface area contributed by atoms with Gasteiger partial charge in [-0.05, 0) is 18.6 Å². The van der Waals surface area contributed by atoms with Crippen LogP contribution in [0, 0.1) is 0 Å². The monoisotopic (exact) mass is 274 g/mol. The molecule has 0 saturated carbocycles. The lowest BCUT2D eigenvalue weighted by atomic mass is 10.3. The van der Waals surface area contributed by atoms with Crippen LogP contribution in [-0.2, 0) is 24.7 Å². The van der Waals surface area contributed by atoms with Gasteiger partial charge in [-0.1, -0.05) is 18.2 Å². The van der Waals surface area contributed by atoms with Gasteiger partial charge in [-0.3, -0.25) is 4.79 Å². The molecule has 0 radical (unpaired) electrons. The average Bonchev–Trinajstić information content (AvgIpc) is 2.77. The number of imidazole rings is 1. The van der Waals surface area contributed by atoms with Crippen LogP contribution in [0.3, 0.4) is 0 Å². The molecule has 0 fully saturated rings. The van der Waals surface area contributed by atoms with Gasteiger partial charge < -0.3 is 14.4 Å². The lowest BCUT2D eigenvalue weighted by Gasteiger charge is -2.07. The fourth-order valence-corrected chi connectivity index (χ4v) is 1.98. The second-order valence-electron chi connectivity index (χ2n) is 4.56. The summed E-state index contributed by atoms with van der Waals surface area (Å²) in [5, 5.41) is 8.78. The lowest BCUT2D eigenvalue weighted by Crippen LogP contribution is -2.08. The first-order chi connectivity index (χ1) is 9.66. The van der Waals surface area contributed by atoms with Crippen LogP contribution in [0.5, 0.6) is 5.75 Å². The number of carboxylic acids is 1. The molecule has 1 N–H and O–H groups in total. The molecule has 1 heterocycles. The third kappa shape index (κ3) is 3.85. The summed E-state index contributed by atoms with van der Waals surface area (Å²) in [4.78, 5) is 14.9. The third-order valence-corrected chi connectivity index (χ3v) is 3.07. The Morgan fingerprint density at radius 2 is 2.10 bits per heavy atom. The van der Waals surface area contributed by atoms with E-state index >= 15 is 0 Å². The second kappa shape index (κ2) is 6.75. The average molecular weight is 274 g/mol. The summed E-state index contributed by atoms with van der Waals surface area (Å²) in [5.74, 6) is 0.906. The van der Waals surface area contributed by atoms with Gasteiger partial charge in [0.1, 0.15) is 11.6 Å². The fraction of sp³-hybridized carbons (Fsp3) is 0.333. The number of rotatable bonds is 7. The van der Waals surface area contributed by atoms with E-state index in [1.54, 1.807) is 6.20 Å². The quantitative estimate of drug-likeness (QED) is 0.785. The zero-order valence-corrected chi connectivity index (χ0v) is 11.5. The van der Waals surface area contributed by atoms with Gasteiger partial charge in [-0.25, -0.2) is 4.98 Å². The number of hydrogen-bond donors (Lipinski definition) is 1. The van der Waals surface area contributed by atoms with Crippen molar-refractivity contribution in [2.75, 3.05) is 6.61 Å². The predicted octanol–water partition coefficient (Wildman–Crippen LogP) is 2.06. The van der Waals surface area contributed by atoms with Gasteiger partial charge in [0.05, 0.1) is 13.0 Å². The maximum absolute atomic E-state index is 10.7. The molecule has 5 heteroatoms. The van der Waals surface area contributed by atoms with E-state index in [2.05, 4.69) is 4.98 Å². The molecular formula is C15H18N2O3. The Labute approximate surface area is 117 Å². The SMILES string of the molecule is Cn1c(CC(=O)O)cnc1CCCOc1ccccc1. The molecule has 0 aliphatic carbocycles. The molecule has 0 saturated heterocycles. The van der Waals surface area contributed by atoms with Gasteiger partial charge >= 0.3 is 5.97 Å². The number of para-hydroxylation sites is 1. The molecule has 0 aliphatic rings. The van der Waals surface area contributed by atoms with Gasteiger partial charge in [0, 0.05) is 25.4 Å². The molecule has 106 valence electrons. The number of carbonyl (C=O) groups is 1. The highest BCUT2D eigenvalue weighted by molar-refractivity contribution is 5.69. The van der Waals surface area contributed by atoms with Crippen molar-refractivity contribution in [1.29, 1.82) is 0 Å². The van der Waals surface area contributed by atoms with Crippen molar-refractivity contribution < 1.29 is 14.6 Å². The molecule has 0 aliphatic heterocycles. The van der Waals surface area contributed by atoms with Crippen LogP contribution in [0.1, 0.15) is 17.9 Å². The zero-order valence-electron chi connectivity index (χ0n) is 11.5. The largest absolute Gasteiger partial charge is 0.494 e. The number of carboxylic acid groups (broad SMARTS) is 1. The van der Waals surface area contributed by atoms with Gasteiger partial charge in [0.15, 0.2) is 0 Å². The molecule has 1 aromatic carbocycles. The number of ether oxygens (including phenoxy) is 1. The van der Waals surface area contributed by atoms with Crippen LogP contribution in [0.15, 0.2) is 36.5 Å². The molecular weight excluding hydrogens is 256 g/mol. The van der Waals surface area contributed by atoms with E-state index in [1.807, 2.05) is 41.9 Å². The van der Waals surface area contributed by atoms with E-state index in [0.29, 0.717) is 6.61 Å². The van der Waals surface area contributed by atoms with Crippen molar-refractivity contribution in [3.63, 3.8) is 0 Å². The van der Waals surface area contributed by atoms with Crippen molar-refractivity contribution in [3.8, 4) is 5.75 Å². The van der Waals surface area contributed by atoms with E-state index in [1.165, 1.54) is 0 Å². The Morgan fingerprint density at radius 1 is 1.35 bits per heavy atom. The van der Waals surface area contributed by atoms with Crippen molar-refractivity contribution in [3.05, 3.63) is 48.0 Å². The molecule has 2 aromatic rings. The number of aryl methyl sites for hydroxylation is 1. The van der Waals surface area contributed by atoms with Gasteiger partial charge in [-0.15, -0.1) is 0 Å². The Kier molecular flexibility index (Phi) is 4.76. The molecule has 1 aromatic heterocycles. The third-order valence-electron chi connectivity index (χ3n) is 3.07. The Balaban J connectivity index is 1.80. The summed E-state index contributed by atoms with van der Waals surface area (Å²) in [7, 11) is 1.85. The number of benzene rings is 1. The highest BCUT2D eigenvalue weighted by atomic mass is 16.5. The maximum atomic E-state index is 10.7. The van der Waals surface area contributed by atoms with Crippen LogP contribution in [0.4, 0.5) is 0 Å². The first-order valence-corrected chi connectivity index (χ1v) is 6.56. The molecule has 0 atom stereocenters. The van der Waals surface area contributed by atoms with Crippen molar-refractivity contribution in [2.45, 2.75) is 19.3 Å². The van der Waals surface area contributed by atoms with Gasteiger partial charge in [-0.2, -0.15) is 0 Å². The minimum atomic E-state index is -0.841. The number of nitrogens with zero attached hydrogens (tertiary/aromatic N) is 2. The smallest absolute Gasteiger partial charge is 0.309 e. The minimum Gasteiger partial charge on any atom is -0.494 e. The molecule has 0 spiro atoms. The summed E-state index contributed by atoms with van der Waals surface area (Å²) in [5.41, 5.74) is 0.719. The van der Waals surface area contributed by atoms with Crippen LogP contribution < -0.4 is 4.74 Å². The van der Waals surface area contributed by atoms with Crippen LogP contribution in [0.25, 0.3) is 0 Å². The Hall–Kier alpha value is -2.30. The van der Waals surface area contributed by atoms with Crippen molar-refractivity contribution >= 4 is 5.97 Å². The molecule has 20 heavy (non-hydrogen) atoms. The minimum absolute atomic E-state index is 0.00398. The summed E-state index contributed by atoms with van der Waals surface area (Å²) in [6.07, 6.45) is 3.24. The molecule has 2 rings (SSSR count). The van der Waals surface area contributed by atoms with Gasteiger partial charge in [0.25, 0.3) is 0 Å². The summed E-state index contributed by atoms with van der Waals surface area (Å²) in [6, 6.07) is 9.67. The zero-order chi connectivity index (χ0) is 14.4. The van der Waals surface area contributed by atoms with Crippen LogP contribution in [-0.4, -0.2) is 27.2 Å². The predicted molar refractivity (Wildman–Crippen MR) is 74.8 cm³/mol. The molecule has 0 bridgehead atoms. The number of hydrogen-bond acceptors (Lipinski definition) is 3. The second-order valence-corrected chi connectivity index (χ2v) is 4.56. The fourth-order valence-electron chi connectivity index (χ4n) is 1.98. The van der Waals surface area contributed by atoms with Crippen LogP contribution >= 0.6 is 0 Å².